The van der Waals surface area contributed by atoms with E-state index < -0.39 is 0 Å². The quantitative estimate of drug-likeness (QED) is 0.501. The van der Waals surface area contributed by atoms with Crippen molar-refractivity contribution in [1.29, 1.82) is 0 Å². The molecule has 0 saturated carbocycles. The Hall–Kier alpha value is -2.96. The van der Waals surface area contributed by atoms with Crippen LogP contribution in [0, 0.1) is 0 Å². The molecule has 2 heterocycles. The fourth-order valence-corrected chi connectivity index (χ4v) is 3.72. The summed E-state index contributed by atoms with van der Waals surface area (Å²) in [5.41, 5.74) is 1.64. The lowest BCUT2D eigenvalue weighted by molar-refractivity contribution is 0.339. The van der Waals surface area contributed by atoms with Gasteiger partial charge in [0.25, 0.3) is 5.56 Å². The topological polar surface area (TPSA) is 56.5 Å². The van der Waals surface area contributed by atoms with Crippen LogP contribution >= 0.6 is 22.9 Å². The summed E-state index contributed by atoms with van der Waals surface area (Å²) in [5.74, 6) is 1.23. The van der Waals surface area contributed by atoms with Gasteiger partial charge in [-0.2, -0.15) is 9.50 Å². The van der Waals surface area contributed by atoms with Crippen LogP contribution in [0.25, 0.3) is 23.2 Å². The van der Waals surface area contributed by atoms with Gasteiger partial charge in [0.05, 0.1) is 11.1 Å². The van der Waals surface area contributed by atoms with Gasteiger partial charge in [0.15, 0.2) is 5.82 Å². The maximum atomic E-state index is 12.7. The number of rotatable bonds is 5. The van der Waals surface area contributed by atoms with E-state index >= 15 is 0 Å². The molecule has 0 aliphatic carbocycles. The standard InChI is InChI=1S/C21H16ClN3O2S/c1-2-27-17-6-4-3-5-15(17)13-18-20(26)25-21(28-18)23-19(24-25)12-9-14-7-10-16(22)11-8-14/h3-13H,2H2,1H3. The number of hydrogen-bond donors (Lipinski definition) is 0. The Morgan fingerprint density at radius 1 is 1.14 bits per heavy atom. The number of para-hydroxylation sites is 1. The van der Waals surface area contributed by atoms with Crippen LogP contribution in [0.15, 0.2) is 53.3 Å². The molecule has 5 nitrogen and oxygen atoms in total. The highest BCUT2D eigenvalue weighted by molar-refractivity contribution is 7.15. The number of nitrogens with zero attached hydrogens (tertiary/aromatic N) is 3. The molecule has 4 rings (SSSR count). The van der Waals surface area contributed by atoms with Crippen molar-refractivity contribution in [2.45, 2.75) is 6.92 Å². The molecule has 28 heavy (non-hydrogen) atoms. The predicted octanol–water partition coefficient (Wildman–Crippen LogP) is 3.92. The lowest BCUT2D eigenvalue weighted by atomic mass is 10.2. The third kappa shape index (κ3) is 3.83. The maximum absolute atomic E-state index is 12.7. The summed E-state index contributed by atoms with van der Waals surface area (Å²) in [5, 5.41) is 4.99. The molecule has 7 heteroatoms. The predicted molar refractivity (Wildman–Crippen MR) is 114 cm³/mol. The Labute approximate surface area is 170 Å². The summed E-state index contributed by atoms with van der Waals surface area (Å²) >= 11 is 7.19. The van der Waals surface area contributed by atoms with Crippen molar-refractivity contribution in [3.8, 4) is 5.75 Å². The Bertz CT molecular complexity index is 1260. The van der Waals surface area contributed by atoms with Gasteiger partial charge in [-0.3, -0.25) is 4.79 Å². The Morgan fingerprint density at radius 2 is 1.93 bits per heavy atom. The van der Waals surface area contributed by atoms with Gasteiger partial charge in [-0.15, -0.1) is 5.10 Å². The minimum Gasteiger partial charge on any atom is -0.493 e. The van der Waals surface area contributed by atoms with Crippen molar-refractivity contribution < 1.29 is 4.74 Å². The fraction of sp³-hybridized carbons (Fsp3) is 0.0952. The number of benzene rings is 2. The average Bonchev–Trinajstić information content (AvgIpc) is 3.22. The van der Waals surface area contributed by atoms with Crippen LogP contribution < -0.4 is 14.8 Å². The molecule has 0 fully saturated rings. The van der Waals surface area contributed by atoms with Crippen LogP contribution in [0.1, 0.15) is 23.9 Å². The lowest BCUT2D eigenvalue weighted by Gasteiger charge is -2.05. The summed E-state index contributed by atoms with van der Waals surface area (Å²) in [6.45, 7) is 2.49. The van der Waals surface area contributed by atoms with Gasteiger partial charge in [-0.1, -0.05) is 59.3 Å². The highest BCUT2D eigenvalue weighted by atomic mass is 35.5. The molecule has 0 bridgehead atoms. The molecule has 0 saturated heterocycles. The molecule has 140 valence electrons. The van der Waals surface area contributed by atoms with Crippen molar-refractivity contribution in [2.75, 3.05) is 6.61 Å². The molecule has 0 radical (unpaired) electrons. The highest BCUT2D eigenvalue weighted by Crippen LogP contribution is 2.18. The second-order valence-corrected chi connectivity index (χ2v) is 7.38. The minimum atomic E-state index is -0.190. The highest BCUT2D eigenvalue weighted by Gasteiger charge is 2.09. The van der Waals surface area contributed by atoms with E-state index in [4.69, 9.17) is 16.3 Å². The molecule has 2 aromatic heterocycles. The molecule has 0 spiro atoms. The molecule has 0 aliphatic rings. The van der Waals surface area contributed by atoms with Crippen LogP contribution in [-0.2, 0) is 0 Å². The van der Waals surface area contributed by atoms with Crippen molar-refractivity contribution in [3.05, 3.63) is 85.4 Å². The molecule has 2 aromatic carbocycles. The summed E-state index contributed by atoms with van der Waals surface area (Å²) in [6, 6.07) is 15.1. The molecule has 0 atom stereocenters. The van der Waals surface area contributed by atoms with Crippen molar-refractivity contribution in [2.24, 2.45) is 0 Å². The number of thiazole rings is 1. The maximum Gasteiger partial charge on any atom is 0.291 e. The third-order valence-electron chi connectivity index (χ3n) is 4.00. The molecule has 0 aliphatic heterocycles. The first-order valence-corrected chi connectivity index (χ1v) is 9.90. The normalized spacial score (nSPS) is 12.3. The largest absolute Gasteiger partial charge is 0.493 e. The van der Waals surface area contributed by atoms with E-state index in [1.54, 1.807) is 6.08 Å². The van der Waals surface area contributed by atoms with E-state index in [2.05, 4.69) is 10.1 Å². The van der Waals surface area contributed by atoms with Crippen molar-refractivity contribution >= 4 is 46.1 Å². The zero-order chi connectivity index (χ0) is 19.5. The van der Waals surface area contributed by atoms with E-state index in [-0.39, 0.29) is 5.56 Å². The van der Waals surface area contributed by atoms with Crippen LogP contribution in [-0.4, -0.2) is 21.2 Å². The SMILES string of the molecule is CCOc1ccccc1C=c1sc2nc(C=Cc3ccc(Cl)cc3)nn2c1=O. The monoisotopic (exact) mass is 409 g/mol. The average molecular weight is 410 g/mol. The number of hydrogen-bond acceptors (Lipinski definition) is 5. The van der Waals surface area contributed by atoms with Gasteiger partial charge in [0, 0.05) is 10.6 Å². The Kier molecular flexibility index (Phi) is 5.23. The van der Waals surface area contributed by atoms with Crippen molar-refractivity contribution in [3.63, 3.8) is 0 Å². The molecular formula is C21H16ClN3O2S. The summed E-state index contributed by atoms with van der Waals surface area (Å²) in [6.07, 6.45) is 5.47. The van der Waals surface area contributed by atoms with Crippen LogP contribution in [0.3, 0.4) is 0 Å². The summed E-state index contributed by atoms with van der Waals surface area (Å²) in [7, 11) is 0. The van der Waals surface area contributed by atoms with Gasteiger partial charge in [0.1, 0.15) is 5.75 Å². The molecule has 0 unspecified atom stereocenters. The zero-order valence-corrected chi connectivity index (χ0v) is 16.6. The van der Waals surface area contributed by atoms with E-state index in [0.717, 1.165) is 16.9 Å². The smallest absolute Gasteiger partial charge is 0.291 e. The van der Waals surface area contributed by atoms with E-state index in [1.165, 1.54) is 15.9 Å². The van der Waals surface area contributed by atoms with Crippen molar-refractivity contribution in [1.82, 2.24) is 14.6 Å². The first kappa shape index (κ1) is 18.4. The lowest BCUT2D eigenvalue weighted by Crippen LogP contribution is -2.23. The third-order valence-corrected chi connectivity index (χ3v) is 5.21. The van der Waals surface area contributed by atoms with E-state index in [9.17, 15) is 4.79 Å². The van der Waals surface area contributed by atoms with Crippen LogP contribution in [0.5, 0.6) is 5.75 Å². The molecule has 0 N–H and O–H groups in total. The number of ether oxygens (including phenoxy) is 1. The molecule has 0 amide bonds. The zero-order valence-electron chi connectivity index (χ0n) is 15.0. The van der Waals surface area contributed by atoms with Gasteiger partial charge < -0.3 is 4.74 Å². The second-order valence-electron chi connectivity index (χ2n) is 5.94. The first-order chi connectivity index (χ1) is 13.6. The van der Waals surface area contributed by atoms with Gasteiger partial charge in [0.2, 0.25) is 4.96 Å². The first-order valence-electron chi connectivity index (χ1n) is 8.71. The van der Waals surface area contributed by atoms with Crippen LogP contribution in [0.4, 0.5) is 0 Å². The summed E-state index contributed by atoms with van der Waals surface area (Å²) < 4.78 is 7.52. The number of halogens is 1. The Balaban J connectivity index is 1.67. The molecule has 4 aromatic rings. The number of aromatic nitrogens is 3. The van der Waals surface area contributed by atoms with E-state index in [0.29, 0.717) is 26.9 Å². The second kappa shape index (κ2) is 7.96. The Morgan fingerprint density at radius 3 is 2.68 bits per heavy atom. The van der Waals surface area contributed by atoms with Crippen LogP contribution in [0.2, 0.25) is 5.02 Å². The molecular weight excluding hydrogens is 394 g/mol. The fourth-order valence-electron chi connectivity index (χ4n) is 2.69. The van der Waals surface area contributed by atoms with Gasteiger partial charge in [-0.05, 0) is 42.8 Å². The van der Waals surface area contributed by atoms with Gasteiger partial charge >= 0.3 is 0 Å². The summed E-state index contributed by atoms with van der Waals surface area (Å²) in [4.78, 5) is 17.7. The van der Waals surface area contributed by atoms with E-state index in [1.807, 2.05) is 67.6 Å². The van der Waals surface area contributed by atoms with Gasteiger partial charge in [-0.25, -0.2) is 0 Å². The number of fused-ring (bicyclic) bond motifs is 1. The minimum absolute atomic E-state index is 0.190.